The summed E-state index contributed by atoms with van der Waals surface area (Å²) in [6.45, 7) is 5.59. The van der Waals surface area contributed by atoms with Crippen molar-refractivity contribution in [1.29, 1.82) is 0 Å². The zero-order valence-corrected chi connectivity index (χ0v) is 43.6. The van der Waals surface area contributed by atoms with E-state index >= 15 is 0 Å². The Morgan fingerprint density at radius 1 is 0.548 bits per heavy atom. The Hall–Kier alpha value is -5.70. The summed E-state index contributed by atoms with van der Waals surface area (Å²) in [5.41, 5.74) is 8.38. The van der Waals surface area contributed by atoms with Gasteiger partial charge in [0.1, 0.15) is 33.2 Å². The van der Waals surface area contributed by atoms with Gasteiger partial charge in [-0.1, -0.05) is 67.6 Å². The molecule has 7 rings (SSSR count). The van der Waals surface area contributed by atoms with Crippen molar-refractivity contribution in [1.82, 2.24) is 0 Å². The zero-order chi connectivity index (χ0) is 52.2. The number of aldehydes is 1. The number of aromatic nitrogens is 3. The topological polar surface area (TPSA) is 158 Å². The monoisotopic (exact) mass is 997 g/mol. The Morgan fingerprint density at radius 3 is 1.51 bits per heavy atom. The summed E-state index contributed by atoms with van der Waals surface area (Å²) in [6.07, 6.45) is 10.1. The number of ether oxygens (including phenoxy) is 3. The number of pyridine rings is 3. The van der Waals surface area contributed by atoms with Crippen LogP contribution >= 0.6 is 0 Å². The fourth-order valence-corrected chi connectivity index (χ4v) is 11.0. The van der Waals surface area contributed by atoms with Crippen LogP contribution in [0.3, 0.4) is 0 Å². The second-order valence-corrected chi connectivity index (χ2v) is 20.8. The maximum atomic E-state index is 12.2. The van der Waals surface area contributed by atoms with Gasteiger partial charge in [-0.05, 0) is 127 Å². The molecule has 12 nitrogen and oxygen atoms in total. The molecule has 0 bridgehead atoms. The van der Waals surface area contributed by atoms with Crippen LogP contribution in [0, 0.1) is 0 Å². The van der Waals surface area contributed by atoms with E-state index in [1.807, 2.05) is 45.4 Å². The van der Waals surface area contributed by atoms with Gasteiger partial charge < -0.3 is 39.7 Å². The highest BCUT2D eigenvalue weighted by Crippen LogP contribution is 2.55. The minimum atomic E-state index is -0.880. The van der Waals surface area contributed by atoms with Crippen LogP contribution in [0.15, 0.2) is 146 Å². The molecule has 4 heterocycles. The summed E-state index contributed by atoms with van der Waals surface area (Å²) >= 11 is 0. The molecular formula is C61H78N3O9+3. The Labute approximate surface area is 432 Å². The van der Waals surface area contributed by atoms with Crippen LogP contribution in [0.4, 0.5) is 0 Å². The number of nitrogens with zero attached hydrogens (tertiary/aromatic N) is 3. The van der Waals surface area contributed by atoms with Gasteiger partial charge in [-0.3, -0.25) is 4.79 Å². The largest absolute Gasteiger partial charge is 0.497 e. The van der Waals surface area contributed by atoms with Gasteiger partial charge in [0.15, 0.2) is 43.5 Å². The number of aryl methyl sites for hydroxylation is 3. The maximum absolute atomic E-state index is 12.2. The van der Waals surface area contributed by atoms with Crippen molar-refractivity contribution in [2.45, 2.75) is 144 Å². The second-order valence-electron chi connectivity index (χ2n) is 20.8. The first kappa shape index (κ1) is 55.1. The SMILES string of the molecule is COc1ccc(C(C(C)c2cc[n+](C)cc2)C(c2ccc(C=O)cc2)C(c2cc[n+](C)cc2)C(Cc2ccc(C3OC(CC(O)CC(C)O)CC(CC(O)CC(O)CC(C)O)O3)cc2)c2cc[n+](C)cc2)cc1. The van der Waals surface area contributed by atoms with Crippen LogP contribution < -0.4 is 18.4 Å². The van der Waals surface area contributed by atoms with E-state index in [4.69, 9.17) is 14.2 Å². The summed E-state index contributed by atoms with van der Waals surface area (Å²) < 4.78 is 25.0. The molecule has 0 radical (unpaired) electrons. The summed E-state index contributed by atoms with van der Waals surface area (Å²) in [5.74, 6) is 0.432. The molecule has 6 aromatic rings. The number of aliphatic hydroxyl groups is 5. The summed E-state index contributed by atoms with van der Waals surface area (Å²) in [6, 6.07) is 38.4. The molecule has 73 heavy (non-hydrogen) atoms. The highest BCUT2D eigenvalue weighted by atomic mass is 16.7. The molecule has 388 valence electrons. The van der Waals surface area contributed by atoms with Crippen molar-refractivity contribution in [2.75, 3.05) is 7.11 Å². The summed E-state index contributed by atoms with van der Waals surface area (Å²) in [4.78, 5) is 12.2. The number of carbonyl (C=O) groups is 1. The minimum Gasteiger partial charge on any atom is -0.497 e. The zero-order valence-electron chi connectivity index (χ0n) is 43.6. The van der Waals surface area contributed by atoms with E-state index in [2.05, 4.69) is 143 Å². The molecule has 0 amide bonds. The Bertz CT molecular complexity index is 2590. The summed E-state index contributed by atoms with van der Waals surface area (Å²) in [5, 5.41) is 52.4. The van der Waals surface area contributed by atoms with Crippen LogP contribution in [0.2, 0.25) is 0 Å². The van der Waals surface area contributed by atoms with E-state index < -0.39 is 49.0 Å². The van der Waals surface area contributed by atoms with Crippen LogP contribution in [0.1, 0.15) is 144 Å². The average Bonchev–Trinajstić information content (AvgIpc) is 3.36. The van der Waals surface area contributed by atoms with Crippen LogP contribution in [-0.2, 0) is 37.0 Å². The maximum Gasteiger partial charge on any atom is 0.184 e. The van der Waals surface area contributed by atoms with E-state index in [1.165, 1.54) is 22.3 Å². The number of hydrogen-bond donors (Lipinski definition) is 5. The third-order valence-corrected chi connectivity index (χ3v) is 14.8. The fourth-order valence-electron chi connectivity index (χ4n) is 11.0. The second kappa shape index (κ2) is 26.0. The molecular weight excluding hydrogens is 919 g/mol. The van der Waals surface area contributed by atoms with E-state index in [9.17, 15) is 30.3 Å². The lowest BCUT2D eigenvalue weighted by Crippen LogP contribution is -2.38. The van der Waals surface area contributed by atoms with Gasteiger partial charge >= 0.3 is 0 Å². The number of benzene rings is 3. The molecule has 0 aliphatic carbocycles. The highest BCUT2D eigenvalue weighted by Gasteiger charge is 2.42. The van der Waals surface area contributed by atoms with Crippen LogP contribution in [-0.4, -0.2) is 81.7 Å². The summed E-state index contributed by atoms with van der Waals surface area (Å²) in [7, 11) is 7.80. The molecule has 3 aromatic carbocycles. The quantitative estimate of drug-likeness (QED) is 0.0308. The Morgan fingerprint density at radius 2 is 1.00 bits per heavy atom. The van der Waals surface area contributed by atoms with Crippen molar-refractivity contribution in [3.8, 4) is 5.75 Å². The highest BCUT2D eigenvalue weighted by molar-refractivity contribution is 5.74. The normalized spacial score (nSPS) is 20.1. The lowest BCUT2D eigenvalue weighted by Gasteiger charge is -2.42. The molecule has 1 fully saturated rings. The van der Waals surface area contributed by atoms with Gasteiger partial charge in [0.25, 0.3) is 0 Å². The molecule has 1 aliphatic rings. The lowest BCUT2D eigenvalue weighted by molar-refractivity contribution is -0.671. The number of carbonyl (C=O) groups excluding carboxylic acids is 1. The predicted molar refractivity (Wildman–Crippen MR) is 279 cm³/mol. The van der Waals surface area contributed by atoms with Crippen LogP contribution in [0.25, 0.3) is 0 Å². The molecule has 12 heteroatoms. The van der Waals surface area contributed by atoms with Crippen molar-refractivity contribution in [2.24, 2.45) is 21.1 Å². The lowest BCUT2D eigenvalue weighted by atomic mass is 9.61. The smallest absolute Gasteiger partial charge is 0.184 e. The molecule has 0 spiro atoms. The van der Waals surface area contributed by atoms with Gasteiger partial charge in [-0.25, -0.2) is 13.7 Å². The van der Waals surface area contributed by atoms with Crippen molar-refractivity contribution >= 4 is 6.29 Å². The van der Waals surface area contributed by atoms with E-state index in [-0.39, 0.29) is 61.7 Å². The third kappa shape index (κ3) is 15.2. The molecule has 1 saturated heterocycles. The standard InChI is InChI=1S/C61H78N3O9/c1-40(66)32-51(68)35-53(70)37-56-38-55(36-52(69)33-41(2)67)72-61(73-56)50-14-8-43(9-15-50)34-57(46-22-28-63(5)29-23-46)59(49-24-30-64(6)31-25-49)60(48-12-10-44(39-65)11-13-48)58(47-16-18-54(71-7)19-17-47)42(3)45-20-26-62(4)27-21-45/h8-31,39-42,51-53,55-61,66-70H,32-38H2,1-7H3/q+3. The predicted octanol–water partition coefficient (Wildman–Crippen LogP) is 7.43. The van der Waals surface area contributed by atoms with Crippen molar-refractivity contribution < 1.29 is 58.2 Å². The average molecular weight is 997 g/mol. The minimum absolute atomic E-state index is 0.0351. The molecule has 3 aromatic heterocycles. The first-order valence-corrected chi connectivity index (χ1v) is 25.9. The number of aliphatic hydroxyl groups excluding tert-OH is 5. The molecule has 0 saturated carbocycles. The molecule has 5 N–H and O–H groups in total. The third-order valence-electron chi connectivity index (χ3n) is 14.8. The molecule has 13 unspecified atom stereocenters. The fraction of sp³-hybridized carbons (Fsp3) is 0.443. The first-order valence-electron chi connectivity index (χ1n) is 25.9. The van der Waals surface area contributed by atoms with Gasteiger partial charge in [0.05, 0.1) is 49.8 Å². The van der Waals surface area contributed by atoms with Gasteiger partial charge in [0.2, 0.25) is 0 Å². The Balaban J connectivity index is 1.32. The van der Waals surface area contributed by atoms with E-state index in [0.29, 0.717) is 18.4 Å². The van der Waals surface area contributed by atoms with Gasteiger partial charge in [-0.2, -0.15) is 0 Å². The molecule has 1 aliphatic heterocycles. The van der Waals surface area contributed by atoms with Gasteiger partial charge in [-0.15, -0.1) is 0 Å². The van der Waals surface area contributed by atoms with E-state index in [1.54, 1.807) is 21.0 Å². The molecule has 13 atom stereocenters. The number of rotatable bonds is 24. The number of methoxy groups -OCH3 is 1. The number of hydrogen-bond acceptors (Lipinski definition) is 9. The van der Waals surface area contributed by atoms with E-state index in [0.717, 1.165) is 28.7 Å². The van der Waals surface area contributed by atoms with Crippen LogP contribution in [0.5, 0.6) is 5.75 Å². The Kier molecular flexibility index (Phi) is 19.6. The van der Waals surface area contributed by atoms with Crippen molar-refractivity contribution in [3.63, 3.8) is 0 Å². The van der Waals surface area contributed by atoms with Crippen molar-refractivity contribution in [3.05, 3.63) is 191 Å². The van der Waals surface area contributed by atoms with Gasteiger partial charge in [0, 0.05) is 53.9 Å². The first-order chi connectivity index (χ1) is 35.1.